The van der Waals surface area contributed by atoms with Crippen LogP contribution in [0.15, 0.2) is 42.6 Å². The van der Waals surface area contributed by atoms with E-state index in [0.717, 1.165) is 16.9 Å². The highest BCUT2D eigenvalue weighted by Gasteiger charge is 2.03. The Bertz CT molecular complexity index is 623. The number of hydrogen-bond donors (Lipinski definition) is 2. The van der Waals surface area contributed by atoms with E-state index in [1.165, 1.54) is 5.56 Å². The molecular weight excluding hydrogens is 276 g/mol. The van der Waals surface area contributed by atoms with Crippen molar-refractivity contribution in [3.63, 3.8) is 0 Å². The first-order valence-corrected chi connectivity index (χ1v) is 7.24. The maximum atomic E-state index is 11.8. The van der Waals surface area contributed by atoms with Crippen molar-refractivity contribution >= 4 is 11.8 Å². The van der Waals surface area contributed by atoms with Gasteiger partial charge in [0.15, 0.2) is 0 Å². The minimum absolute atomic E-state index is 0.177. The highest BCUT2D eigenvalue weighted by Crippen LogP contribution is 2.09. The molecule has 2 aromatic rings. The quantitative estimate of drug-likeness (QED) is 0.891. The molecule has 0 bridgehead atoms. The largest absolute Gasteiger partial charge is 0.363 e. The molecule has 2 rings (SSSR count). The highest BCUT2D eigenvalue weighted by atomic mass is 16.2. The van der Waals surface area contributed by atoms with Crippen molar-refractivity contribution in [1.29, 1.82) is 0 Å². The van der Waals surface area contributed by atoms with Crippen molar-refractivity contribution < 1.29 is 4.79 Å². The molecule has 5 heteroatoms. The summed E-state index contributed by atoms with van der Waals surface area (Å²) in [6.45, 7) is 3.04. The van der Waals surface area contributed by atoms with E-state index >= 15 is 0 Å². The van der Waals surface area contributed by atoms with E-state index in [1.54, 1.807) is 6.20 Å². The number of aromatic nitrogens is 1. The second-order valence-electron chi connectivity index (χ2n) is 5.44. The number of urea groups is 1. The van der Waals surface area contributed by atoms with Crippen molar-refractivity contribution in [3.05, 3.63) is 59.3 Å². The molecule has 0 aliphatic heterocycles. The van der Waals surface area contributed by atoms with Gasteiger partial charge in [0.1, 0.15) is 5.82 Å². The van der Waals surface area contributed by atoms with Crippen LogP contribution < -0.4 is 15.5 Å². The van der Waals surface area contributed by atoms with Crippen molar-refractivity contribution in [1.82, 2.24) is 15.6 Å². The highest BCUT2D eigenvalue weighted by molar-refractivity contribution is 5.73. The van der Waals surface area contributed by atoms with Gasteiger partial charge in [-0.3, -0.25) is 0 Å². The Kier molecular flexibility index (Phi) is 5.36. The molecule has 116 valence electrons. The van der Waals surface area contributed by atoms with Crippen LogP contribution >= 0.6 is 0 Å². The van der Waals surface area contributed by atoms with Gasteiger partial charge in [0, 0.05) is 33.4 Å². The average Bonchev–Trinajstić information content (AvgIpc) is 2.52. The van der Waals surface area contributed by atoms with E-state index in [1.807, 2.05) is 62.3 Å². The molecule has 2 N–H and O–H groups in total. The first kappa shape index (κ1) is 15.8. The lowest BCUT2D eigenvalue weighted by Crippen LogP contribution is -2.34. The first-order valence-electron chi connectivity index (χ1n) is 7.24. The molecule has 0 saturated carbocycles. The molecule has 5 nitrogen and oxygen atoms in total. The van der Waals surface area contributed by atoms with Gasteiger partial charge in [-0.15, -0.1) is 0 Å². The van der Waals surface area contributed by atoms with Crippen molar-refractivity contribution in [3.8, 4) is 0 Å². The van der Waals surface area contributed by atoms with Crippen LogP contribution in [0.1, 0.15) is 16.7 Å². The fourth-order valence-electron chi connectivity index (χ4n) is 1.95. The lowest BCUT2D eigenvalue weighted by Gasteiger charge is -2.13. The smallest absolute Gasteiger partial charge is 0.315 e. The number of benzene rings is 1. The minimum Gasteiger partial charge on any atom is -0.363 e. The molecule has 0 aliphatic carbocycles. The Balaban J connectivity index is 1.80. The molecule has 1 aromatic carbocycles. The molecular formula is C17H22N4O. The van der Waals surface area contributed by atoms with Crippen LogP contribution in [0.5, 0.6) is 0 Å². The molecule has 2 amide bonds. The Morgan fingerprint density at radius 1 is 1.05 bits per heavy atom. The second-order valence-corrected chi connectivity index (χ2v) is 5.44. The summed E-state index contributed by atoms with van der Waals surface area (Å²) >= 11 is 0. The number of amides is 2. The van der Waals surface area contributed by atoms with Crippen LogP contribution in [0.3, 0.4) is 0 Å². The zero-order valence-corrected chi connectivity index (χ0v) is 13.3. The maximum absolute atomic E-state index is 11.8. The molecule has 22 heavy (non-hydrogen) atoms. The molecule has 0 spiro atoms. The van der Waals surface area contributed by atoms with Crippen molar-refractivity contribution in [2.45, 2.75) is 20.0 Å². The molecule has 0 aliphatic rings. The van der Waals surface area contributed by atoms with Gasteiger partial charge in [-0.1, -0.05) is 29.8 Å². The molecule has 1 heterocycles. The number of aryl methyl sites for hydroxylation is 1. The second kappa shape index (κ2) is 7.45. The van der Waals surface area contributed by atoms with E-state index < -0.39 is 0 Å². The monoisotopic (exact) mass is 298 g/mol. The minimum atomic E-state index is -0.177. The lowest BCUT2D eigenvalue weighted by atomic mass is 10.1. The molecule has 0 atom stereocenters. The van der Waals surface area contributed by atoms with E-state index in [9.17, 15) is 4.79 Å². The summed E-state index contributed by atoms with van der Waals surface area (Å²) in [5.41, 5.74) is 3.31. The van der Waals surface area contributed by atoms with Crippen molar-refractivity contribution in [2.75, 3.05) is 19.0 Å². The first-order chi connectivity index (χ1) is 10.5. The summed E-state index contributed by atoms with van der Waals surface area (Å²) < 4.78 is 0. The number of nitrogens with one attached hydrogen (secondary N) is 2. The van der Waals surface area contributed by atoms with Crippen LogP contribution in [-0.4, -0.2) is 25.1 Å². The maximum Gasteiger partial charge on any atom is 0.315 e. The third kappa shape index (κ3) is 4.77. The van der Waals surface area contributed by atoms with Gasteiger partial charge in [-0.25, -0.2) is 9.78 Å². The standard InChI is InChI=1S/C17H22N4O/c1-13-4-6-14(7-5-13)11-19-17(22)20-12-15-8-9-18-16(10-15)21(2)3/h4-10H,11-12H2,1-3H3,(H2,19,20,22). The number of rotatable bonds is 5. The summed E-state index contributed by atoms with van der Waals surface area (Å²) in [4.78, 5) is 18.0. The van der Waals surface area contributed by atoms with Crippen LogP contribution in [0, 0.1) is 6.92 Å². The van der Waals surface area contributed by atoms with E-state index in [0.29, 0.717) is 13.1 Å². The third-order valence-corrected chi connectivity index (χ3v) is 3.29. The molecule has 0 fully saturated rings. The van der Waals surface area contributed by atoms with Gasteiger partial charge in [-0.05, 0) is 30.2 Å². The summed E-state index contributed by atoms with van der Waals surface area (Å²) in [6, 6.07) is 11.8. The summed E-state index contributed by atoms with van der Waals surface area (Å²) in [7, 11) is 3.88. The van der Waals surface area contributed by atoms with Gasteiger partial charge in [0.05, 0.1) is 0 Å². The summed E-state index contributed by atoms with van der Waals surface area (Å²) in [5, 5.41) is 5.70. The normalized spacial score (nSPS) is 10.1. The zero-order chi connectivity index (χ0) is 15.9. The number of carbonyl (C=O) groups excluding carboxylic acids is 1. The molecule has 0 unspecified atom stereocenters. The molecule has 0 saturated heterocycles. The van der Waals surface area contributed by atoms with E-state index in [2.05, 4.69) is 15.6 Å². The fraction of sp³-hybridized carbons (Fsp3) is 0.294. The number of carbonyl (C=O) groups is 1. The fourth-order valence-corrected chi connectivity index (χ4v) is 1.95. The van der Waals surface area contributed by atoms with Gasteiger partial charge in [0.25, 0.3) is 0 Å². The number of nitrogens with zero attached hydrogens (tertiary/aromatic N) is 2. The van der Waals surface area contributed by atoms with Crippen LogP contribution in [0.2, 0.25) is 0 Å². The van der Waals surface area contributed by atoms with Crippen LogP contribution in [0.25, 0.3) is 0 Å². The van der Waals surface area contributed by atoms with Crippen LogP contribution in [-0.2, 0) is 13.1 Å². The molecule has 1 aromatic heterocycles. The summed E-state index contributed by atoms with van der Waals surface area (Å²) in [6.07, 6.45) is 1.75. The predicted molar refractivity (Wildman–Crippen MR) is 88.8 cm³/mol. The van der Waals surface area contributed by atoms with Gasteiger partial charge in [-0.2, -0.15) is 0 Å². The van der Waals surface area contributed by atoms with E-state index in [4.69, 9.17) is 0 Å². The Morgan fingerprint density at radius 3 is 2.32 bits per heavy atom. The number of anilines is 1. The Morgan fingerprint density at radius 2 is 1.68 bits per heavy atom. The number of hydrogen-bond acceptors (Lipinski definition) is 3. The Hall–Kier alpha value is -2.56. The lowest BCUT2D eigenvalue weighted by molar-refractivity contribution is 0.240. The van der Waals surface area contributed by atoms with Crippen molar-refractivity contribution in [2.24, 2.45) is 0 Å². The van der Waals surface area contributed by atoms with Crippen LogP contribution in [0.4, 0.5) is 10.6 Å². The van der Waals surface area contributed by atoms with E-state index in [-0.39, 0.29) is 6.03 Å². The van der Waals surface area contributed by atoms with Gasteiger partial charge >= 0.3 is 6.03 Å². The summed E-state index contributed by atoms with van der Waals surface area (Å²) in [5.74, 6) is 0.874. The predicted octanol–water partition coefficient (Wildman–Crippen LogP) is 2.46. The SMILES string of the molecule is Cc1ccc(CNC(=O)NCc2ccnc(N(C)C)c2)cc1. The topological polar surface area (TPSA) is 57.3 Å². The Labute approximate surface area is 131 Å². The van der Waals surface area contributed by atoms with Gasteiger partial charge in [0.2, 0.25) is 0 Å². The molecule has 0 radical (unpaired) electrons. The zero-order valence-electron chi connectivity index (χ0n) is 13.3. The average molecular weight is 298 g/mol. The number of pyridine rings is 1. The van der Waals surface area contributed by atoms with Gasteiger partial charge < -0.3 is 15.5 Å². The third-order valence-electron chi connectivity index (χ3n) is 3.29.